The van der Waals surface area contributed by atoms with E-state index in [1.54, 1.807) is 12.2 Å². The maximum Gasteiger partial charge on any atom is 0.264 e. The Bertz CT molecular complexity index is 2330. The molecule has 1 aromatic rings. The second kappa shape index (κ2) is 16.5. The van der Waals surface area contributed by atoms with Gasteiger partial charge in [0.25, 0.3) is 10.1 Å². The molecule has 0 spiro atoms. The number of benzene rings is 1. The largest absolute Gasteiger partial charge is 0.480 e. The number of carbonyl (C=O) groups is 4. The average Bonchev–Trinajstić information content (AvgIpc) is 3.65. The van der Waals surface area contributed by atoms with Gasteiger partial charge in [-0.05, 0) is 136 Å². The number of carbonyl (C=O) groups excluding carboxylic acids is 4. The number of ketones is 4. The third kappa shape index (κ3) is 7.62. The third-order valence-electron chi connectivity index (χ3n) is 18.7. The lowest BCUT2D eigenvalue weighted by molar-refractivity contribution is -0.182. The number of allylic oxidation sites excluding steroid dienone is 2. The second-order valence-electron chi connectivity index (χ2n) is 21.8. The summed E-state index contributed by atoms with van der Waals surface area (Å²) < 4.78 is 73.6. The topological polar surface area (TPSA) is 202 Å². The predicted octanol–water partition coefficient (Wildman–Crippen LogP) is 6.05. The number of halogens is 3. The molecule has 9 rings (SSSR count). The molecule has 8 aliphatic rings. The van der Waals surface area contributed by atoms with Crippen LogP contribution in [0.1, 0.15) is 118 Å². The van der Waals surface area contributed by atoms with E-state index >= 15 is 0 Å². The van der Waals surface area contributed by atoms with Gasteiger partial charge in [-0.2, -0.15) is 8.42 Å². The van der Waals surface area contributed by atoms with Gasteiger partial charge in [-0.25, -0.2) is 13.2 Å². The summed E-state index contributed by atoms with van der Waals surface area (Å²) in [7, 11) is -3.80. The predicted molar refractivity (Wildman–Crippen MR) is 229 cm³/mol. The first-order valence-electron chi connectivity index (χ1n) is 23.2. The molecule has 0 aromatic heterocycles. The van der Waals surface area contributed by atoms with Crippen LogP contribution in [0.15, 0.2) is 35.4 Å². The van der Waals surface area contributed by atoms with Crippen LogP contribution in [0.3, 0.4) is 0 Å². The van der Waals surface area contributed by atoms with Crippen molar-refractivity contribution < 1.29 is 70.1 Å². The Kier molecular flexibility index (Phi) is 12.2. The monoisotopic (exact) mass is 932 g/mol. The number of aliphatic hydroxyl groups excluding tert-OH is 2. The summed E-state index contributed by atoms with van der Waals surface area (Å²) in [6.45, 7) is 6.50. The van der Waals surface area contributed by atoms with Crippen LogP contribution in [0.2, 0.25) is 0 Å². The number of hydrogen-bond acceptors (Lipinski definition) is 12. The molecule has 0 aliphatic heterocycles. The number of fused-ring (bicyclic) bond motifs is 10. The van der Waals surface area contributed by atoms with E-state index in [0.29, 0.717) is 44.2 Å². The fraction of sp³-hybridized carbons (Fsp3) is 0.714. The molecule has 14 atom stereocenters. The summed E-state index contributed by atoms with van der Waals surface area (Å²) in [5.74, 6) is -5.37. The third-order valence-corrected chi connectivity index (χ3v) is 19.3. The van der Waals surface area contributed by atoms with Crippen LogP contribution in [-0.4, -0.2) is 94.9 Å². The van der Waals surface area contributed by atoms with E-state index in [0.717, 1.165) is 49.5 Å². The summed E-state index contributed by atoms with van der Waals surface area (Å²) >= 11 is 0. The van der Waals surface area contributed by atoms with Crippen molar-refractivity contribution in [3.63, 3.8) is 0 Å². The van der Waals surface area contributed by atoms with Crippen LogP contribution in [0, 0.1) is 74.6 Å². The Morgan fingerprint density at radius 3 is 1.51 bits per heavy atom. The zero-order valence-corrected chi connectivity index (χ0v) is 38.7. The Balaban J connectivity index is 0.000000179. The standard InChI is InChI=1S/C27H31F3O5.C22H32O7S/c1-25-7-5-16(31)9-14(25)3-4-17-18-6-8-27(34,26(18,2)12-21(32)23(17)25)22(33)13-35-24-19(29)10-15(28)11-20(24)30;1-20-8-6-14(23)10-13(20)4-5-15-16-7-9-22(26,18(25)12-29-30(3,27)28)21(16,2)11-17(24)19(15)20/h9-11,17-18,21,23,32,34H,3-8,12-13H2,1-2H3;10,15-17,19,24,26H,4-9,11-12H2,1-3H3/t17?,18?,21-,23?,25?,26?,27-;15?,16?,17-,19?,20?,21?,22-/m00/s1. The molecule has 0 radical (unpaired) electrons. The molecule has 6 saturated carbocycles. The molecule has 358 valence electrons. The number of rotatable bonds is 8. The van der Waals surface area contributed by atoms with Crippen molar-refractivity contribution >= 4 is 33.3 Å². The Morgan fingerprint density at radius 1 is 0.677 bits per heavy atom. The molecule has 12 nitrogen and oxygen atoms in total. The number of ether oxygens (including phenoxy) is 1. The van der Waals surface area contributed by atoms with Gasteiger partial charge in [0, 0.05) is 35.8 Å². The van der Waals surface area contributed by atoms with Gasteiger partial charge in [0.05, 0.1) is 18.5 Å². The Labute approximate surface area is 378 Å². The van der Waals surface area contributed by atoms with Gasteiger partial charge in [-0.3, -0.25) is 23.4 Å². The minimum absolute atomic E-state index is 0.00611. The van der Waals surface area contributed by atoms with E-state index in [4.69, 9.17) is 4.74 Å². The van der Waals surface area contributed by atoms with Gasteiger partial charge in [0.1, 0.15) is 30.2 Å². The van der Waals surface area contributed by atoms with Crippen molar-refractivity contribution in [1.29, 1.82) is 0 Å². The highest BCUT2D eigenvalue weighted by atomic mass is 32.2. The van der Waals surface area contributed by atoms with Crippen LogP contribution in [0.5, 0.6) is 5.75 Å². The summed E-state index contributed by atoms with van der Waals surface area (Å²) in [6.07, 6.45) is 10.5. The highest BCUT2D eigenvalue weighted by molar-refractivity contribution is 7.86. The second-order valence-corrected chi connectivity index (χ2v) is 23.4. The first-order chi connectivity index (χ1) is 30.2. The molecule has 0 bridgehead atoms. The normalized spacial score (nSPS) is 43.0. The van der Waals surface area contributed by atoms with Gasteiger partial charge in [-0.15, -0.1) is 0 Å². The van der Waals surface area contributed by atoms with Crippen molar-refractivity contribution in [1.82, 2.24) is 0 Å². The molecule has 0 saturated heterocycles. The van der Waals surface area contributed by atoms with Crippen LogP contribution in [-0.2, 0) is 33.5 Å². The molecule has 4 N–H and O–H groups in total. The number of Topliss-reactive ketones (excluding diaryl/α,β-unsaturated/α-hetero) is 2. The SMILES string of the molecule is CC12CCC(=O)C=C1CCC1C2[C@@H](O)CC2(C)C1CC[C@]2(O)C(=O)COS(C)(=O)=O.CC12CCC(=O)C=C1CCC1C2[C@@H](O)CC2(C)C1CC[C@]2(O)C(=O)COc1c(F)cc(F)cc1F. The molecule has 1 aromatic carbocycles. The van der Waals surface area contributed by atoms with E-state index in [1.165, 1.54) is 0 Å². The van der Waals surface area contributed by atoms with Crippen molar-refractivity contribution in [2.24, 2.45) is 57.2 Å². The van der Waals surface area contributed by atoms with Crippen LogP contribution in [0.25, 0.3) is 0 Å². The molecular weight excluding hydrogens is 870 g/mol. The van der Waals surface area contributed by atoms with Gasteiger partial charge < -0.3 is 25.2 Å². The Hall–Kier alpha value is -3.28. The van der Waals surface area contributed by atoms with E-state index < -0.39 is 92.3 Å². The highest BCUT2D eigenvalue weighted by Crippen LogP contribution is 2.69. The molecule has 65 heavy (non-hydrogen) atoms. The quantitative estimate of drug-likeness (QED) is 0.220. The van der Waals surface area contributed by atoms with Gasteiger partial charge in [-0.1, -0.05) is 38.8 Å². The van der Waals surface area contributed by atoms with Crippen LogP contribution >= 0.6 is 0 Å². The lowest BCUT2D eigenvalue weighted by atomic mass is 9.45. The van der Waals surface area contributed by atoms with Crippen molar-refractivity contribution in [3.05, 3.63) is 52.9 Å². The smallest absolute Gasteiger partial charge is 0.264 e. The molecular formula is C49H63F3O12S. The van der Waals surface area contributed by atoms with E-state index in [1.807, 2.05) is 13.8 Å². The molecule has 10 unspecified atom stereocenters. The summed E-state index contributed by atoms with van der Waals surface area (Å²) in [4.78, 5) is 50.2. The molecule has 0 heterocycles. The van der Waals surface area contributed by atoms with Crippen LogP contribution < -0.4 is 4.74 Å². The zero-order valence-electron chi connectivity index (χ0n) is 37.8. The fourth-order valence-corrected chi connectivity index (χ4v) is 15.8. The fourth-order valence-electron chi connectivity index (χ4n) is 15.5. The van der Waals surface area contributed by atoms with Crippen molar-refractivity contribution in [2.75, 3.05) is 19.5 Å². The molecule has 16 heteroatoms. The van der Waals surface area contributed by atoms with Crippen molar-refractivity contribution in [3.8, 4) is 5.75 Å². The first-order valence-corrected chi connectivity index (χ1v) is 25.0. The average molecular weight is 933 g/mol. The van der Waals surface area contributed by atoms with Gasteiger partial charge >= 0.3 is 0 Å². The molecule has 6 fully saturated rings. The van der Waals surface area contributed by atoms with Gasteiger partial charge in [0.15, 0.2) is 34.7 Å². The van der Waals surface area contributed by atoms with E-state index in [-0.39, 0.29) is 83.6 Å². The molecule has 0 amide bonds. The lowest BCUT2D eigenvalue weighted by Crippen LogP contribution is -2.62. The van der Waals surface area contributed by atoms with Crippen molar-refractivity contribution in [2.45, 2.75) is 141 Å². The first kappa shape index (κ1) is 48.2. The molecule has 8 aliphatic carbocycles. The summed E-state index contributed by atoms with van der Waals surface area (Å²) in [5, 5.41) is 45.8. The van der Waals surface area contributed by atoms with Gasteiger partial charge in [0.2, 0.25) is 5.78 Å². The summed E-state index contributed by atoms with van der Waals surface area (Å²) in [5.41, 5.74) is -3.61. The number of hydrogen-bond donors (Lipinski definition) is 4. The maximum absolute atomic E-state index is 14.0. The number of aliphatic hydroxyl groups is 4. The Morgan fingerprint density at radius 2 is 1.09 bits per heavy atom. The highest BCUT2D eigenvalue weighted by Gasteiger charge is 2.70. The minimum Gasteiger partial charge on any atom is -0.480 e. The summed E-state index contributed by atoms with van der Waals surface area (Å²) in [6, 6.07) is 0.931. The zero-order chi connectivity index (χ0) is 47.4. The van der Waals surface area contributed by atoms with E-state index in [9.17, 15) is 61.2 Å². The minimum atomic E-state index is -3.80. The lowest BCUT2D eigenvalue weighted by Gasteiger charge is -2.60. The van der Waals surface area contributed by atoms with Crippen LogP contribution in [0.4, 0.5) is 13.2 Å². The maximum atomic E-state index is 14.0. The van der Waals surface area contributed by atoms with E-state index in [2.05, 4.69) is 18.0 Å².